The number of aromatic carboxylic acids is 1. The smallest absolute Gasteiger partial charge is 0.337 e. The zero-order chi connectivity index (χ0) is 21.9. The molecule has 2 aromatic carbocycles. The number of halogens is 4. The molecule has 9 heteroatoms. The summed E-state index contributed by atoms with van der Waals surface area (Å²) in [7, 11) is 0. The highest BCUT2D eigenvalue weighted by atomic mass is 19.2. The van der Waals surface area contributed by atoms with E-state index in [4.69, 9.17) is 0 Å². The molecule has 2 aromatic heterocycles. The summed E-state index contributed by atoms with van der Waals surface area (Å²) < 4.78 is 61.0. The lowest BCUT2D eigenvalue weighted by Crippen LogP contribution is -2.11. The van der Waals surface area contributed by atoms with E-state index in [-0.39, 0.29) is 22.2 Å². The molecule has 0 atom stereocenters. The first kappa shape index (κ1) is 19.7. The molecule has 2 N–H and O–H groups in total. The van der Waals surface area contributed by atoms with Gasteiger partial charge in [-0.2, -0.15) is 0 Å². The molecule has 0 aliphatic rings. The average molecular weight is 417 g/mol. The van der Waals surface area contributed by atoms with Crippen molar-refractivity contribution in [2.75, 3.05) is 0 Å². The van der Waals surface area contributed by atoms with E-state index < -0.39 is 40.5 Å². The Morgan fingerprint density at radius 1 is 0.967 bits per heavy atom. The highest BCUT2D eigenvalue weighted by Gasteiger charge is 2.29. The number of carboxylic acids is 1. The van der Waals surface area contributed by atoms with E-state index in [1.165, 1.54) is 6.07 Å². The number of carbonyl (C=O) groups is 1. The number of rotatable bonds is 3. The SMILES string of the molecule is Cc1nc2c(C(=O)O)cc(-c3c(F)c(F)c(-n4c(C)ccc4C)c(F)c3F)cc2[nH]1. The van der Waals surface area contributed by atoms with E-state index in [1.807, 2.05) is 0 Å². The minimum atomic E-state index is -1.62. The first-order valence-electron chi connectivity index (χ1n) is 8.87. The van der Waals surface area contributed by atoms with Crippen LogP contribution in [0.5, 0.6) is 0 Å². The minimum Gasteiger partial charge on any atom is -0.478 e. The maximum absolute atomic E-state index is 15.0. The van der Waals surface area contributed by atoms with Crippen LogP contribution in [-0.4, -0.2) is 25.6 Å². The third-order valence-corrected chi connectivity index (χ3v) is 4.96. The lowest BCUT2D eigenvalue weighted by molar-refractivity contribution is 0.0699. The average Bonchev–Trinajstić information content (AvgIpc) is 3.21. The number of aromatic nitrogens is 3. The Kier molecular flexibility index (Phi) is 4.41. The highest BCUT2D eigenvalue weighted by molar-refractivity contribution is 6.03. The first-order chi connectivity index (χ1) is 14.1. The second-order valence-corrected chi connectivity index (χ2v) is 6.98. The molecule has 30 heavy (non-hydrogen) atoms. The zero-order valence-electron chi connectivity index (χ0n) is 16.1. The van der Waals surface area contributed by atoms with E-state index in [9.17, 15) is 18.7 Å². The largest absolute Gasteiger partial charge is 0.478 e. The van der Waals surface area contributed by atoms with Gasteiger partial charge in [-0.05, 0) is 50.6 Å². The number of hydrogen-bond donors (Lipinski definition) is 2. The standard InChI is InChI=1S/C21H15F4N3O2/c1-8-4-5-9(2)28(8)20-17(24)15(22)14(16(23)18(20)25)11-6-12(21(29)30)19-13(7-11)26-10(3)27-19/h4-7H,1-3H3,(H,26,27)(H,29,30). The molecule has 4 rings (SSSR count). The number of nitrogens with one attached hydrogen (secondary N) is 1. The van der Waals surface area contributed by atoms with Crippen LogP contribution in [0.3, 0.4) is 0 Å². The summed E-state index contributed by atoms with van der Waals surface area (Å²) in [5.74, 6) is -7.43. The first-order valence-corrected chi connectivity index (χ1v) is 8.87. The number of fused-ring (bicyclic) bond motifs is 1. The van der Waals surface area contributed by atoms with Gasteiger partial charge in [0.25, 0.3) is 0 Å². The van der Waals surface area contributed by atoms with Gasteiger partial charge in [0.1, 0.15) is 17.0 Å². The van der Waals surface area contributed by atoms with Gasteiger partial charge in [0, 0.05) is 11.4 Å². The molecular formula is C21H15F4N3O2. The third kappa shape index (κ3) is 2.77. The summed E-state index contributed by atoms with van der Waals surface area (Å²) >= 11 is 0. The van der Waals surface area contributed by atoms with Gasteiger partial charge in [0.2, 0.25) is 0 Å². The van der Waals surface area contributed by atoms with E-state index in [0.29, 0.717) is 17.2 Å². The van der Waals surface area contributed by atoms with Crippen molar-refractivity contribution in [1.82, 2.24) is 14.5 Å². The Bertz CT molecular complexity index is 1310. The number of hydrogen-bond acceptors (Lipinski definition) is 2. The zero-order valence-corrected chi connectivity index (χ0v) is 16.1. The summed E-state index contributed by atoms with van der Waals surface area (Å²) in [6.45, 7) is 4.66. The Balaban J connectivity index is 2.05. The molecular weight excluding hydrogens is 402 g/mol. The minimum absolute atomic E-state index is 0.0701. The molecule has 154 valence electrons. The molecule has 5 nitrogen and oxygen atoms in total. The number of aromatic amines is 1. The quantitative estimate of drug-likeness (QED) is 0.356. The molecule has 0 aliphatic carbocycles. The van der Waals surface area contributed by atoms with Crippen LogP contribution in [0.2, 0.25) is 0 Å². The second-order valence-electron chi connectivity index (χ2n) is 6.98. The summed E-state index contributed by atoms with van der Waals surface area (Å²) in [5, 5.41) is 9.45. The fourth-order valence-corrected chi connectivity index (χ4v) is 3.64. The Morgan fingerprint density at radius 2 is 1.53 bits per heavy atom. The topological polar surface area (TPSA) is 70.9 Å². The molecule has 4 aromatic rings. The van der Waals surface area contributed by atoms with Gasteiger partial charge < -0.3 is 14.7 Å². The number of aryl methyl sites for hydroxylation is 3. The van der Waals surface area contributed by atoms with Crippen LogP contribution < -0.4 is 0 Å². The van der Waals surface area contributed by atoms with Crippen molar-refractivity contribution < 1.29 is 27.5 Å². The number of imidazole rings is 1. The molecule has 0 bridgehead atoms. The van der Waals surface area contributed by atoms with Crippen molar-refractivity contribution >= 4 is 17.0 Å². The van der Waals surface area contributed by atoms with Gasteiger partial charge in [-0.3, -0.25) is 0 Å². The number of H-pyrrole nitrogens is 1. The molecule has 0 saturated heterocycles. The van der Waals surface area contributed by atoms with E-state index >= 15 is 8.78 Å². The third-order valence-electron chi connectivity index (χ3n) is 4.96. The summed E-state index contributed by atoms with van der Waals surface area (Å²) in [6.07, 6.45) is 0. The molecule has 0 saturated carbocycles. The molecule has 0 unspecified atom stereocenters. The number of carboxylic acid groups (broad SMARTS) is 1. The Labute approximate surface area is 167 Å². The van der Waals surface area contributed by atoms with Crippen LogP contribution in [0.25, 0.3) is 27.8 Å². The normalized spacial score (nSPS) is 11.4. The van der Waals surface area contributed by atoms with Crippen molar-refractivity contribution in [2.45, 2.75) is 20.8 Å². The van der Waals surface area contributed by atoms with Gasteiger partial charge in [-0.15, -0.1) is 0 Å². The summed E-state index contributed by atoms with van der Waals surface area (Å²) in [5.41, 5.74) is -1.53. The molecule has 0 aliphatic heterocycles. The van der Waals surface area contributed by atoms with Crippen molar-refractivity contribution in [1.29, 1.82) is 0 Å². The van der Waals surface area contributed by atoms with Crippen molar-refractivity contribution in [3.05, 3.63) is 70.3 Å². The molecule has 0 fully saturated rings. The van der Waals surface area contributed by atoms with E-state index in [2.05, 4.69) is 9.97 Å². The highest BCUT2D eigenvalue weighted by Crippen LogP contribution is 2.36. The lowest BCUT2D eigenvalue weighted by atomic mass is 9.99. The lowest BCUT2D eigenvalue weighted by Gasteiger charge is -2.16. The van der Waals surface area contributed by atoms with Gasteiger partial charge in [-0.1, -0.05) is 0 Å². The fraction of sp³-hybridized carbons (Fsp3) is 0.143. The predicted octanol–water partition coefficient (Wildman–Crippen LogP) is 5.20. The second kappa shape index (κ2) is 6.72. The van der Waals surface area contributed by atoms with Gasteiger partial charge in [0.05, 0.1) is 16.6 Å². The molecule has 0 amide bonds. The van der Waals surface area contributed by atoms with Gasteiger partial charge >= 0.3 is 5.97 Å². The number of benzene rings is 2. The summed E-state index contributed by atoms with van der Waals surface area (Å²) in [4.78, 5) is 18.4. The van der Waals surface area contributed by atoms with Gasteiger partial charge in [-0.25, -0.2) is 27.3 Å². The van der Waals surface area contributed by atoms with Crippen molar-refractivity contribution in [3.8, 4) is 16.8 Å². The van der Waals surface area contributed by atoms with E-state index in [0.717, 1.165) is 10.6 Å². The predicted molar refractivity (Wildman–Crippen MR) is 102 cm³/mol. The van der Waals surface area contributed by atoms with E-state index in [1.54, 1.807) is 32.9 Å². The Morgan fingerprint density at radius 3 is 2.07 bits per heavy atom. The summed E-state index contributed by atoms with van der Waals surface area (Å²) in [6, 6.07) is 5.27. The number of nitrogens with zero attached hydrogens (tertiary/aromatic N) is 2. The van der Waals surface area contributed by atoms with Crippen molar-refractivity contribution in [2.24, 2.45) is 0 Å². The van der Waals surface area contributed by atoms with Crippen LogP contribution >= 0.6 is 0 Å². The molecule has 2 heterocycles. The Hall–Kier alpha value is -3.62. The van der Waals surface area contributed by atoms with Crippen molar-refractivity contribution in [3.63, 3.8) is 0 Å². The van der Waals surface area contributed by atoms with Gasteiger partial charge in [0.15, 0.2) is 23.3 Å². The monoisotopic (exact) mass is 417 g/mol. The fourth-order valence-electron chi connectivity index (χ4n) is 3.64. The maximum atomic E-state index is 15.0. The molecule has 0 radical (unpaired) electrons. The molecule has 0 spiro atoms. The van der Waals surface area contributed by atoms with Crippen LogP contribution in [0, 0.1) is 44.0 Å². The van der Waals surface area contributed by atoms with Crippen LogP contribution in [0.15, 0.2) is 24.3 Å². The van der Waals surface area contributed by atoms with Crippen LogP contribution in [0.4, 0.5) is 17.6 Å². The van der Waals surface area contributed by atoms with Crippen LogP contribution in [0.1, 0.15) is 27.6 Å². The maximum Gasteiger partial charge on any atom is 0.337 e. The van der Waals surface area contributed by atoms with Crippen LogP contribution in [-0.2, 0) is 0 Å².